The normalized spacial score (nSPS) is 11.6. The Balaban J connectivity index is 0.977. The Morgan fingerprint density at radius 1 is 0.291 bits per heavy atom. The molecule has 258 valence electrons. The molecular formula is C50H32N4O. The molecule has 0 aliphatic carbocycles. The highest BCUT2D eigenvalue weighted by Gasteiger charge is 2.17. The van der Waals surface area contributed by atoms with Crippen molar-refractivity contribution in [2.24, 2.45) is 0 Å². The van der Waals surface area contributed by atoms with Crippen molar-refractivity contribution in [3.8, 4) is 56.5 Å². The summed E-state index contributed by atoms with van der Waals surface area (Å²) in [5.74, 6) is 1.01. The van der Waals surface area contributed by atoms with Gasteiger partial charge in [-0.1, -0.05) is 109 Å². The van der Waals surface area contributed by atoms with Crippen molar-refractivity contribution in [2.45, 2.75) is 0 Å². The Morgan fingerprint density at radius 2 is 0.655 bits per heavy atom. The summed E-state index contributed by atoms with van der Waals surface area (Å²) >= 11 is 0. The first-order valence-electron chi connectivity index (χ1n) is 18.5. The molecule has 0 amide bonds. The first-order valence-corrected chi connectivity index (χ1v) is 18.5. The summed E-state index contributed by atoms with van der Waals surface area (Å²) in [6.45, 7) is 0. The van der Waals surface area contributed by atoms with E-state index >= 15 is 0 Å². The molecule has 8 aromatic carbocycles. The minimum absolute atomic E-state index is 0.498. The molecule has 3 aromatic heterocycles. The van der Waals surface area contributed by atoms with E-state index in [1.165, 1.54) is 54.8 Å². The molecule has 0 aliphatic rings. The lowest BCUT2D eigenvalue weighted by Gasteiger charge is -2.10. The third kappa shape index (κ3) is 5.17. The van der Waals surface area contributed by atoms with Crippen molar-refractivity contribution >= 4 is 43.6 Å². The molecule has 0 bridgehead atoms. The van der Waals surface area contributed by atoms with Gasteiger partial charge in [0.2, 0.25) is 11.8 Å². The average molecular weight is 705 g/mol. The Bertz CT molecular complexity index is 3170. The fourth-order valence-electron chi connectivity index (χ4n) is 8.09. The standard InChI is InChI=1S/C50H32N4O/c1-3-11-33(12-4-1)34-19-25-39(26-20-34)53-45-17-9-7-15-41(45)43-31-37(23-29-47(43)53)38-24-30-48-44(32-38)42-16-8-10-18-46(42)54(48)40-27-21-36(22-28-40)50-52-51-49(55-50)35-13-5-2-6-14-35/h1-32H. The number of rotatable bonds is 6. The largest absolute Gasteiger partial charge is 0.416 e. The van der Waals surface area contributed by atoms with Gasteiger partial charge >= 0.3 is 0 Å². The summed E-state index contributed by atoms with van der Waals surface area (Å²) in [6, 6.07) is 68.7. The molecular weight excluding hydrogens is 673 g/mol. The number of hydrogen-bond acceptors (Lipinski definition) is 3. The molecule has 0 spiro atoms. The van der Waals surface area contributed by atoms with E-state index in [0.29, 0.717) is 11.8 Å². The minimum atomic E-state index is 0.498. The lowest BCUT2D eigenvalue weighted by atomic mass is 10.0. The van der Waals surface area contributed by atoms with Gasteiger partial charge in [-0.25, -0.2) is 0 Å². The Kier molecular flexibility index (Phi) is 7.10. The van der Waals surface area contributed by atoms with Crippen molar-refractivity contribution in [3.63, 3.8) is 0 Å². The summed E-state index contributed by atoms with van der Waals surface area (Å²) in [5, 5.41) is 13.5. The second-order valence-electron chi connectivity index (χ2n) is 13.9. The van der Waals surface area contributed by atoms with Crippen molar-refractivity contribution in [1.29, 1.82) is 0 Å². The van der Waals surface area contributed by atoms with Crippen LogP contribution in [0.5, 0.6) is 0 Å². The molecule has 3 heterocycles. The van der Waals surface area contributed by atoms with Crippen LogP contribution < -0.4 is 0 Å². The van der Waals surface area contributed by atoms with Crippen LogP contribution in [-0.4, -0.2) is 19.3 Å². The van der Waals surface area contributed by atoms with Crippen molar-refractivity contribution in [2.75, 3.05) is 0 Å². The van der Waals surface area contributed by atoms with E-state index in [9.17, 15) is 0 Å². The highest BCUT2D eigenvalue weighted by Crippen LogP contribution is 2.39. The van der Waals surface area contributed by atoms with Crippen molar-refractivity contribution in [1.82, 2.24) is 19.3 Å². The topological polar surface area (TPSA) is 48.8 Å². The van der Waals surface area contributed by atoms with Gasteiger partial charge in [-0.15, -0.1) is 10.2 Å². The molecule has 0 saturated heterocycles. The van der Waals surface area contributed by atoms with Crippen molar-refractivity contribution in [3.05, 3.63) is 194 Å². The van der Waals surface area contributed by atoms with E-state index in [1.54, 1.807) is 0 Å². The van der Waals surface area contributed by atoms with Gasteiger partial charge in [-0.2, -0.15) is 0 Å². The number of para-hydroxylation sites is 2. The number of hydrogen-bond donors (Lipinski definition) is 0. The van der Waals surface area contributed by atoms with Crippen LogP contribution in [0.3, 0.4) is 0 Å². The van der Waals surface area contributed by atoms with Crippen LogP contribution in [0, 0.1) is 0 Å². The van der Waals surface area contributed by atoms with Gasteiger partial charge in [0.05, 0.1) is 22.1 Å². The van der Waals surface area contributed by atoms with Crippen LogP contribution in [0.4, 0.5) is 0 Å². The monoisotopic (exact) mass is 704 g/mol. The van der Waals surface area contributed by atoms with Crippen LogP contribution >= 0.6 is 0 Å². The predicted octanol–water partition coefficient (Wildman–Crippen LogP) is 12.9. The molecule has 0 unspecified atom stereocenters. The van der Waals surface area contributed by atoms with Gasteiger partial charge < -0.3 is 13.6 Å². The number of fused-ring (bicyclic) bond motifs is 6. The lowest BCUT2D eigenvalue weighted by Crippen LogP contribution is -1.94. The van der Waals surface area contributed by atoms with Gasteiger partial charge in [0, 0.05) is 44.0 Å². The molecule has 0 atom stereocenters. The maximum atomic E-state index is 6.05. The maximum Gasteiger partial charge on any atom is 0.248 e. The number of benzene rings is 8. The summed E-state index contributed by atoms with van der Waals surface area (Å²) in [5.41, 5.74) is 13.5. The zero-order valence-electron chi connectivity index (χ0n) is 29.7. The lowest BCUT2D eigenvalue weighted by molar-refractivity contribution is 0.584. The molecule has 5 nitrogen and oxygen atoms in total. The Hall–Kier alpha value is -7.50. The Labute approximate surface area is 317 Å². The van der Waals surface area contributed by atoms with Gasteiger partial charge in [0.15, 0.2) is 0 Å². The number of aromatic nitrogens is 4. The highest BCUT2D eigenvalue weighted by atomic mass is 16.4. The molecule has 0 saturated carbocycles. The summed E-state index contributed by atoms with van der Waals surface area (Å²) < 4.78 is 10.8. The number of nitrogens with zero attached hydrogens (tertiary/aromatic N) is 4. The molecule has 0 N–H and O–H groups in total. The third-order valence-corrected chi connectivity index (χ3v) is 10.7. The van der Waals surface area contributed by atoms with Gasteiger partial charge in [0.25, 0.3) is 0 Å². The van der Waals surface area contributed by atoms with E-state index < -0.39 is 0 Å². The first kappa shape index (κ1) is 31.1. The maximum absolute atomic E-state index is 6.05. The molecule has 55 heavy (non-hydrogen) atoms. The Morgan fingerprint density at radius 3 is 1.16 bits per heavy atom. The van der Waals surface area contributed by atoms with Crippen LogP contribution in [0.15, 0.2) is 199 Å². The SMILES string of the molecule is c1ccc(-c2ccc(-n3c4ccccc4c4cc(-c5ccc6c(c5)c5ccccc5n6-c5ccc(-c6nnc(-c7ccccc7)o6)cc5)ccc43)cc2)cc1. The van der Waals surface area contributed by atoms with Crippen LogP contribution in [0.2, 0.25) is 0 Å². The zero-order chi connectivity index (χ0) is 36.3. The molecule has 0 radical (unpaired) electrons. The van der Waals surface area contributed by atoms with Gasteiger partial charge in [-0.05, 0) is 107 Å². The molecule has 5 heteroatoms. The summed E-state index contributed by atoms with van der Waals surface area (Å²) in [6.07, 6.45) is 0. The molecule has 0 fully saturated rings. The molecule has 11 aromatic rings. The summed E-state index contributed by atoms with van der Waals surface area (Å²) in [7, 11) is 0. The second kappa shape index (κ2) is 12.6. The van der Waals surface area contributed by atoms with E-state index in [0.717, 1.165) is 33.5 Å². The van der Waals surface area contributed by atoms with Gasteiger partial charge in [0.1, 0.15) is 0 Å². The fraction of sp³-hybridized carbons (Fsp3) is 0. The highest BCUT2D eigenvalue weighted by molar-refractivity contribution is 6.12. The molecule has 0 aliphatic heterocycles. The first-order chi connectivity index (χ1) is 27.3. The van der Waals surface area contributed by atoms with Crippen molar-refractivity contribution < 1.29 is 4.42 Å². The quantitative estimate of drug-likeness (QED) is 0.173. The van der Waals surface area contributed by atoms with Crippen LogP contribution in [-0.2, 0) is 0 Å². The van der Waals surface area contributed by atoms with E-state index in [1.807, 2.05) is 30.3 Å². The smallest absolute Gasteiger partial charge is 0.248 e. The fourth-order valence-corrected chi connectivity index (χ4v) is 8.09. The van der Waals surface area contributed by atoms with E-state index in [4.69, 9.17) is 4.42 Å². The molecule has 11 rings (SSSR count). The predicted molar refractivity (Wildman–Crippen MR) is 225 cm³/mol. The summed E-state index contributed by atoms with van der Waals surface area (Å²) in [4.78, 5) is 0. The minimum Gasteiger partial charge on any atom is -0.416 e. The third-order valence-electron chi connectivity index (χ3n) is 10.7. The van der Waals surface area contributed by atoms with Crippen LogP contribution in [0.1, 0.15) is 0 Å². The van der Waals surface area contributed by atoms with Gasteiger partial charge in [-0.3, -0.25) is 0 Å². The van der Waals surface area contributed by atoms with E-state index in [-0.39, 0.29) is 0 Å². The zero-order valence-corrected chi connectivity index (χ0v) is 29.7. The average Bonchev–Trinajstić information content (AvgIpc) is 3.98. The van der Waals surface area contributed by atoms with Crippen LogP contribution in [0.25, 0.3) is 100 Å². The second-order valence-corrected chi connectivity index (χ2v) is 13.9. The van der Waals surface area contributed by atoms with E-state index in [2.05, 4.69) is 183 Å².